The molecule has 6 rings (SSSR count). The molecule has 0 unspecified atom stereocenters. The van der Waals surface area contributed by atoms with Gasteiger partial charge in [-0.15, -0.1) is 0 Å². The van der Waals surface area contributed by atoms with Crippen molar-refractivity contribution < 1.29 is 9.59 Å². The van der Waals surface area contributed by atoms with Gasteiger partial charge in [-0.3, -0.25) is 4.99 Å². The summed E-state index contributed by atoms with van der Waals surface area (Å²) in [5, 5.41) is 6.12. The number of nitrogens with zero attached hydrogens (tertiary/aromatic N) is 5. The minimum absolute atomic E-state index is 0.0673. The molecule has 4 amide bonds. The maximum atomic E-state index is 13.5. The zero-order valence-corrected chi connectivity index (χ0v) is 21.9. The minimum atomic E-state index is -0.220. The molecular weight excluding hydrogens is 466 g/mol. The Bertz CT molecular complexity index is 1320. The van der Waals surface area contributed by atoms with Crippen molar-refractivity contribution in [1.82, 2.24) is 30.0 Å². The highest BCUT2D eigenvalue weighted by molar-refractivity contribution is 5.88. The van der Waals surface area contributed by atoms with Crippen molar-refractivity contribution in [3.63, 3.8) is 0 Å². The number of carbonyl (C=O) groups is 2. The molecule has 9 heteroatoms. The Balaban J connectivity index is 1.24. The van der Waals surface area contributed by atoms with Crippen LogP contribution >= 0.6 is 0 Å². The van der Waals surface area contributed by atoms with E-state index in [-0.39, 0.29) is 24.1 Å². The molecule has 0 radical (unpaired) electrons. The second-order valence-corrected chi connectivity index (χ2v) is 11.1. The van der Waals surface area contributed by atoms with Crippen LogP contribution in [0.25, 0.3) is 0 Å². The van der Waals surface area contributed by atoms with E-state index in [0.29, 0.717) is 32.0 Å². The smallest absolute Gasteiger partial charge is 0.322 e. The van der Waals surface area contributed by atoms with Gasteiger partial charge in [0, 0.05) is 54.9 Å². The molecule has 1 aromatic heterocycles. The predicted molar refractivity (Wildman–Crippen MR) is 142 cm³/mol. The van der Waals surface area contributed by atoms with Gasteiger partial charge in [0.15, 0.2) is 0 Å². The number of benzene rings is 1. The number of fused-ring (bicyclic) bond motifs is 4. The molecule has 0 bridgehead atoms. The Labute approximate surface area is 217 Å². The molecule has 0 spiro atoms. The summed E-state index contributed by atoms with van der Waals surface area (Å²) in [6.45, 7) is 13.7. The Kier molecular flexibility index (Phi) is 5.81. The van der Waals surface area contributed by atoms with E-state index < -0.39 is 0 Å². The lowest BCUT2D eigenvalue weighted by molar-refractivity contribution is 0.139. The average molecular weight is 502 g/mol. The molecule has 2 saturated heterocycles. The Hall–Kier alpha value is -3.62. The van der Waals surface area contributed by atoms with E-state index >= 15 is 0 Å². The number of likely N-dealkylation sites (tertiary alicyclic amines) is 1. The van der Waals surface area contributed by atoms with Gasteiger partial charge in [-0.25, -0.2) is 14.6 Å². The van der Waals surface area contributed by atoms with Gasteiger partial charge in [0.25, 0.3) is 0 Å². The summed E-state index contributed by atoms with van der Waals surface area (Å²) in [7, 11) is 0. The highest BCUT2D eigenvalue weighted by Gasteiger charge is 2.35. The van der Waals surface area contributed by atoms with Crippen LogP contribution in [0.2, 0.25) is 0 Å². The lowest BCUT2D eigenvalue weighted by atomic mass is 9.91. The third-order valence-electron chi connectivity index (χ3n) is 8.33. The summed E-state index contributed by atoms with van der Waals surface area (Å²) in [5.41, 5.74) is 8.29. The molecule has 0 aliphatic carbocycles. The van der Waals surface area contributed by atoms with Crippen LogP contribution in [0.5, 0.6) is 0 Å². The molecule has 1 aromatic carbocycles. The lowest BCUT2D eigenvalue weighted by Gasteiger charge is -2.36. The van der Waals surface area contributed by atoms with Crippen molar-refractivity contribution in [2.45, 2.75) is 71.1 Å². The molecular formula is C28H35N7O2. The zero-order chi connectivity index (χ0) is 25.8. The van der Waals surface area contributed by atoms with E-state index in [4.69, 9.17) is 4.98 Å². The van der Waals surface area contributed by atoms with Crippen molar-refractivity contribution in [1.29, 1.82) is 0 Å². The Morgan fingerprint density at radius 1 is 1.22 bits per heavy atom. The van der Waals surface area contributed by atoms with Gasteiger partial charge >= 0.3 is 12.1 Å². The number of hydrogen-bond donors (Lipinski definition) is 2. The number of carbonyl (C=O) groups excluding carboxylic acids is 2. The topological polar surface area (TPSA) is 94.9 Å². The fourth-order valence-electron chi connectivity index (χ4n) is 6.32. The van der Waals surface area contributed by atoms with Crippen LogP contribution in [-0.4, -0.2) is 63.3 Å². The van der Waals surface area contributed by atoms with Gasteiger partial charge in [0.2, 0.25) is 0 Å². The third kappa shape index (κ3) is 4.10. The van der Waals surface area contributed by atoms with E-state index in [0.717, 1.165) is 37.5 Å². The van der Waals surface area contributed by atoms with Gasteiger partial charge in [0.05, 0.1) is 25.7 Å². The number of hydrogen-bond acceptors (Lipinski definition) is 4. The summed E-state index contributed by atoms with van der Waals surface area (Å²) in [6.07, 6.45) is 6.21. The van der Waals surface area contributed by atoms with Crippen molar-refractivity contribution in [2.24, 2.45) is 4.99 Å². The normalized spacial score (nSPS) is 21.1. The second kappa shape index (κ2) is 9.04. The minimum Gasteiger partial charge on any atom is -0.328 e. The first-order valence-corrected chi connectivity index (χ1v) is 13.3. The first-order valence-electron chi connectivity index (χ1n) is 13.3. The van der Waals surface area contributed by atoms with E-state index in [9.17, 15) is 9.59 Å². The summed E-state index contributed by atoms with van der Waals surface area (Å²) in [4.78, 5) is 38.8. The monoisotopic (exact) mass is 501 g/mol. The van der Waals surface area contributed by atoms with Gasteiger partial charge in [-0.05, 0) is 47.9 Å². The number of amides is 4. The van der Waals surface area contributed by atoms with E-state index in [1.807, 2.05) is 22.2 Å². The standard InChI is InChI=1S/C28H35N7O2/c1-16(2)25-13-30-26-24(10-19-9-17(3)21-11-29-12-22(21)23(19)15-35(25)26)32-27(36)33-7-5-20(6-8-33)34-14-18(4)31-28(34)37/h9,12-13,16,20,24H,4-8,10-11,14-15H2,1-3H3,(H,31,37)(H,32,36)/t24-/m1/s1. The maximum absolute atomic E-state index is 13.5. The zero-order valence-electron chi connectivity index (χ0n) is 21.9. The predicted octanol–water partition coefficient (Wildman–Crippen LogP) is 3.61. The molecule has 4 aliphatic heterocycles. The number of aliphatic imine (C=N–C) groups is 1. The first kappa shape index (κ1) is 23.8. The highest BCUT2D eigenvalue weighted by Crippen LogP contribution is 2.35. The van der Waals surface area contributed by atoms with E-state index in [2.05, 4.69) is 53.6 Å². The SMILES string of the molecule is C=C1CN(C2CCN(C(=O)N[C@@H]3Cc4cc(C)c5c(c4Cn4c(C(C)C)cnc43)C=NC5)CC2)C(=O)N1. The van der Waals surface area contributed by atoms with Crippen LogP contribution in [0, 0.1) is 6.92 Å². The maximum Gasteiger partial charge on any atom is 0.322 e. The van der Waals surface area contributed by atoms with Crippen LogP contribution in [0.1, 0.15) is 78.0 Å². The molecule has 2 aromatic rings. The van der Waals surface area contributed by atoms with Gasteiger partial charge in [0.1, 0.15) is 5.82 Å². The van der Waals surface area contributed by atoms with Crippen LogP contribution in [0.3, 0.4) is 0 Å². The highest BCUT2D eigenvalue weighted by atomic mass is 16.2. The Morgan fingerprint density at radius 2 is 2.00 bits per heavy atom. The fraction of sp³-hybridized carbons (Fsp3) is 0.500. The van der Waals surface area contributed by atoms with E-state index in [1.54, 1.807) is 0 Å². The van der Waals surface area contributed by atoms with Crippen molar-refractivity contribution in [3.05, 3.63) is 63.9 Å². The fourth-order valence-corrected chi connectivity index (χ4v) is 6.32. The van der Waals surface area contributed by atoms with Crippen LogP contribution in [0.4, 0.5) is 9.59 Å². The van der Waals surface area contributed by atoms with Crippen molar-refractivity contribution in [2.75, 3.05) is 19.6 Å². The summed E-state index contributed by atoms with van der Waals surface area (Å²) >= 11 is 0. The summed E-state index contributed by atoms with van der Waals surface area (Å²) in [6, 6.07) is 2.05. The lowest BCUT2D eigenvalue weighted by Crippen LogP contribution is -2.51. The number of aryl methyl sites for hydroxylation is 1. The van der Waals surface area contributed by atoms with Crippen LogP contribution in [0.15, 0.2) is 29.5 Å². The molecule has 5 heterocycles. The van der Waals surface area contributed by atoms with Gasteiger partial charge in [-0.2, -0.15) is 0 Å². The number of imidazole rings is 1. The van der Waals surface area contributed by atoms with Crippen molar-refractivity contribution in [3.8, 4) is 0 Å². The average Bonchev–Trinajstić information content (AvgIpc) is 3.57. The molecule has 2 fully saturated rings. The quantitative estimate of drug-likeness (QED) is 0.673. The number of piperidine rings is 1. The number of urea groups is 2. The molecule has 2 N–H and O–H groups in total. The van der Waals surface area contributed by atoms with Gasteiger partial charge < -0.3 is 25.0 Å². The molecule has 194 valence electrons. The second-order valence-electron chi connectivity index (χ2n) is 11.1. The number of aromatic nitrogens is 2. The van der Waals surface area contributed by atoms with Gasteiger partial charge in [-0.1, -0.05) is 26.5 Å². The number of nitrogens with one attached hydrogen (secondary N) is 2. The first-order chi connectivity index (χ1) is 17.8. The molecule has 9 nitrogen and oxygen atoms in total. The molecule has 37 heavy (non-hydrogen) atoms. The largest absolute Gasteiger partial charge is 0.328 e. The van der Waals surface area contributed by atoms with Crippen LogP contribution < -0.4 is 10.6 Å². The Morgan fingerprint density at radius 3 is 2.70 bits per heavy atom. The summed E-state index contributed by atoms with van der Waals surface area (Å²) < 4.78 is 2.30. The van der Waals surface area contributed by atoms with Crippen molar-refractivity contribution >= 4 is 18.3 Å². The van der Waals surface area contributed by atoms with Crippen LogP contribution in [-0.2, 0) is 19.5 Å². The molecule has 4 aliphatic rings. The number of rotatable bonds is 3. The third-order valence-corrected chi connectivity index (χ3v) is 8.33. The molecule has 1 atom stereocenters. The van der Waals surface area contributed by atoms with E-state index in [1.165, 1.54) is 33.5 Å². The summed E-state index contributed by atoms with van der Waals surface area (Å²) in [5.74, 6) is 1.24. The molecule has 0 saturated carbocycles.